The molecule has 0 atom stereocenters. The summed E-state index contributed by atoms with van der Waals surface area (Å²) in [6.45, 7) is 0. The van der Waals surface area contributed by atoms with Gasteiger partial charge in [0.1, 0.15) is 3.70 Å². The van der Waals surface area contributed by atoms with Crippen LogP contribution in [0.4, 0.5) is 0 Å². The lowest BCUT2D eigenvalue weighted by Gasteiger charge is -2.09. The van der Waals surface area contributed by atoms with Gasteiger partial charge in [-0.3, -0.25) is 0 Å². The second-order valence-electron chi connectivity index (χ2n) is 7.63. The van der Waals surface area contributed by atoms with Crippen molar-refractivity contribution in [2.24, 2.45) is 0 Å². The summed E-state index contributed by atoms with van der Waals surface area (Å²) in [6.07, 6.45) is 0. The molecule has 6 aromatic rings. The summed E-state index contributed by atoms with van der Waals surface area (Å²) in [7, 11) is 0. The van der Waals surface area contributed by atoms with Crippen LogP contribution < -0.4 is 0 Å². The van der Waals surface area contributed by atoms with Crippen molar-refractivity contribution in [2.75, 3.05) is 0 Å². The molecule has 32 heavy (non-hydrogen) atoms. The number of thiophene rings is 1. The van der Waals surface area contributed by atoms with Crippen LogP contribution in [0.5, 0.6) is 0 Å². The number of hydrogen-bond donors (Lipinski definition) is 0. The highest BCUT2D eigenvalue weighted by Gasteiger charge is 2.14. The number of benzene rings is 4. The van der Waals surface area contributed by atoms with Crippen molar-refractivity contribution in [3.8, 4) is 33.8 Å². The molecule has 0 aliphatic heterocycles. The Balaban J connectivity index is 1.51. The van der Waals surface area contributed by atoms with E-state index in [-0.39, 0.29) is 0 Å². The van der Waals surface area contributed by atoms with E-state index >= 15 is 0 Å². The molecule has 0 N–H and O–H groups in total. The van der Waals surface area contributed by atoms with Gasteiger partial charge in [0.2, 0.25) is 0 Å². The Morgan fingerprint density at radius 3 is 2.22 bits per heavy atom. The van der Waals surface area contributed by atoms with Crippen molar-refractivity contribution in [3.05, 3.63) is 107 Å². The smallest absolute Gasteiger partial charge is 0.160 e. The van der Waals surface area contributed by atoms with E-state index in [1.807, 2.05) is 17.4 Å². The van der Waals surface area contributed by atoms with Crippen LogP contribution in [0.15, 0.2) is 103 Å². The van der Waals surface area contributed by atoms with Crippen LogP contribution in [-0.4, -0.2) is 9.97 Å². The van der Waals surface area contributed by atoms with Gasteiger partial charge in [-0.15, -0.1) is 11.3 Å². The number of rotatable bonds is 3. The first-order chi connectivity index (χ1) is 15.8. The Morgan fingerprint density at radius 2 is 1.31 bits per heavy atom. The van der Waals surface area contributed by atoms with Crippen LogP contribution in [0.3, 0.4) is 0 Å². The number of fused-ring (bicyclic) bond motifs is 3. The monoisotopic (exact) mass is 540 g/mol. The molecule has 152 valence electrons. The molecule has 2 aromatic heterocycles. The van der Waals surface area contributed by atoms with Crippen LogP contribution >= 0.6 is 33.9 Å². The zero-order valence-corrected chi connectivity index (χ0v) is 20.0. The van der Waals surface area contributed by atoms with Gasteiger partial charge in [0.05, 0.1) is 5.69 Å². The number of nitrogens with zero attached hydrogens (tertiary/aromatic N) is 2. The largest absolute Gasteiger partial charge is 0.228 e. The van der Waals surface area contributed by atoms with Crippen molar-refractivity contribution in [2.45, 2.75) is 0 Å². The molecule has 0 radical (unpaired) electrons. The molecule has 2 heterocycles. The minimum Gasteiger partial charge on any atom is -0.228 e. The fourth-order valence-electron chi connectivity index (χ4n) is 4.10. The van der Waals surface area contributed by atoms with Gasteiger partial charge in [-0.1, -0.05) is 84.9 Å². The molecular weight excluding hydrogens is 523 g/mol. The Kier molecular flexibility index (Phi) is 4.97. The van der Waals surface area contributed by atoms with Gasteiger partial charge in [0.15, 0.2) is 5.82 Å². The molecule has 0 fully saturated rings. The highest BCUT2D eigenvalue weighted by molar-refractivity contribution is 14.1. The first-order valence-electron chi connectivity index (χ1n) is 10.4. The lowest BCUT2D eigenvalue weighted by Crippen LogP contribution is -1.95. The molecule has 0 saturated carbocycles. The predicted octanol–water partition coefficient (Wildman–Crippen LogP) is 8.45. The van der Waals surface area contributed by atoms with E-state index in [1.54, 1.807) is 0 Å². The van der Waals surface area contributed by atoms with Gasteiger partial charge < -0.3 is 0 Å². The number of hydrogen-bond acceptors (Lipinski definition) is 3. The van der Waals surface area contributed by atoms with E-state index in [2.05, 4.69) is 120 Å². The van der Waals surface area contributed by atoms with Gasteiger partial charge in [-0.05, 0) is 51.9 Å². The SMILES string of the molecule is Ic1cc(-c2cccc3c2sc2ccccc23)nc(-c2cccc(-c3ccccc3)c2)n1. The Labute approximate surface area is 203 Å². The van der Waals surface area contributed by atoms with E-state index in [0.717, 1.165) is 26.3 Å². The first-order valence-corrected chi connectivity index (χ1v) is 12.3. The zero-order valence-electron chi connectivity index (χ0n) is 17.0. The van der Waals surface area contributed by atoms with Crippen LogP contribution in [0, 0.1) is 3.70 Å². The third-order valence-corrected chi connectivity index (χ3v) is 7.38. The Hall–Kier alpha value is -3.09. The topological polar surface area (TPSA) is 25.8 Å². The summed E-state index contributed by atoms with van der Waals surface area (Å²) in [5.74, 6) is 0.753. The first kappa shape index (κ1) is 19.6. The van der Waals surface area contributed by atoms with Crippen molar-refractivity contribution in [3.63, 3.8) is 0 Å². The molecule has 0 amide bonds. The standard InChI is InChI=1S/C28H17IN2S/c29-26-17-24(23-14-7-13-22-21-12-4-5-15-25(21)32-27(22)23)30-28(31-26)20-11-6-10-19(16-20)18-8-2-1-3-9-18/h1-17H. The van der Waals surface area contributed by atoms with Gasteiger partial charge in [0.25, 0.3) is 0 Å². The molecule has 0 bridgehead atoms. The van der Waals surface area contributed by atoms with Gasteiger partial charge in [-0.2, -0.15) is 0 Å². The molecule has 0 aliphatic rings. The van der Waals surface area contributed by atoms with Crippen molar-refractivity contribution < 1.29 is 0 Å². The normalized spacial score (nSPS) is 11.3. The second kappa shape index (κ2) is 8.11. The maximum Gasteiger partial charge on any atom is 0.160 e. The minimum atomic E-state index is 0.753. The van der Waals surface area contributed by atoms with Crippen LogP contribution in [0.25, 0.3) is 53.9 Å². The molecule has 0 aliphatic carbocycles. The Morgan fingerprint density at radius 1 is 0.594 bits per heavy atom. The van der Waals surface area contributed by atoms with E-state index in [1.165, 1.54) is 31.3 Å². The molecular formula is C28H17IN2S. The molecule has 6 rings (SSSR count). The maximum atomic E-state index is 5.02. The summed E-state index contributed by atoms with van der Waals surface area (Å²) >= 11 is 4.12. The lowest BCUT2D eigenvalue weighted by molar-refractivity contribution is 1.15. The second-order valence-corrected chi connectivity index (χ2v) is 9.78. The summed E-state index contributed by atoms with van der Waals surface area (Å²) < 4.78 is 3.51. The summed E-state index contributed by atoms with van der Waals surface area (Å²) in [5, 5.41) is 2.58. The van der Waals surface area contributed by atoms with Crippen molar-refractivity contribution in [1.29, 1.82) is 0 Å². The fraction of sp³-hybridized carbons (Fsp3) is 0. The average molecular weight is 540 g/mol. The average Bonchev–Trinajstić information content (AvgIpc) is 3.23. The highest BCUT2D eigenvalue weighted by Crippen LogP contribution is 2.39. The highest BCUT2D eigenvalue weighted by atomic mass is 127. The van der Waals surface area contributed by atoms with Gasteiger partial charge in [0, 0.05) is 31.3 Å². The maximum absolute atomic E-state index is 5.02. The quantitative estimate of drug-likeness (QED) is 0.166. The molecule has 0 saturated heterocycles. The molecule has 0 unspecified atom stereocenters. The van der Waals surface area contributed by atoms with E-state index in [4.69, 9.17) is 9.97 Å². The third-order valence-electron chi connectivity index (χ3n) is 5.60. The summed E-state index contributed by atoms with van der Waals surface area (Å²) in [4.78, 5) is 9.79. The van der Waals surface area contributed by atoms with E-state index in [9.17, 15) is 0 Å². The Bertz CT molecular complexity index is 1590. The van der Waals surface area contributed by atoms with Crippen LogP contribution in [-0.2, 0) is 0 Å². The third kappa shape index (κ3) is 3.49. The molecule has 4 aromatic carbocycles. The zero-order chi connectivity index (χ0) is 21.5. The molecule has 4 heteroatoms. The van der Waals surface area contributed by atoms with E-state index < -0.39 is 0 Å². The van der Waals surface area contributed by atoms with E-state index in [0.29, 0.717) is 0 Å². The molecule has 2 nitrogen and oxygen atoms in total. The van der Waals surface area contributed by atoms with Crippen LogP contribution in [0.1, 0.15) is 0 Å². The predicted molar refractivity (Wildman–Crippen MR) is 144 cm³/mol. The van der Waals surface area contributed by atoms with Gasteiger partial charge in [-0.25, -0.2) is 9.97 Å². The minimum absolute atomic E-state index is 0.753. The van der Waals surface area contributed by atoms with Crippen molar-refractivity contribution >= 4 is 54.1 Å². The van der Waals surface area contributed by atoms with Crippen LogP contribution in [0.2, 0.25) is 0 Å². The van der Waals surface area contributed by atoms with Gasteiger partial charge >= 0.3 is 0 Å². The number of aromatic nitrogens is 2. The summed E-state index contributed by atoms with van der Waals surface area (Å²) in [6, 6.07) is 36.0. The summed E-state index contributed by atoms with van der Waals surface area (Å²) in [5.41, 5.74) is 5.50. The lowest BCUT2D eigenvalue weighted by atomic mass is 10.0. The number of halogens is 1. The van der Waals surface area contributed by atoms with Crippen molar-refractivity contribution in [1.82, 2.24) is 9.97 Å². The fourth-order valence-corrected chi connectivity index (χ4v) is 5.85. The molecule has 0 spiro atoms.